The molecule has 2 rings (SSSR count). The first-order valence-electron chi connectivity index (χ1n) is 3.56. The molecule has 1 heterocycles. The summed E-state index contributed by atoms with van der Waals surface area (Å²) in [6.45, 7) is 0. The Labute approximate surface area is 79.8 Å². The Morgan fingerprint density at radius 3 is 2.83 bits per heavy atom. The van der Waals surface area contributed by atoms with Crippen molar-refractivity contribution in [3.05, 3.63) is 24.3 Å². The zero-order valence-corrected chi connectivity index (χ0v) is 8.27. The number of aryl methyl sites for hydroxylation is 1. The molecule has 0 fully saturated rings. The monoisotopic (exact) mass is 196 g/mol. The van der Waals surface area contributed by atoms with Crippen molar-refractivity contribution in [2.24, 2.45) is 7.05 Å². The highest BCUT2D eigenvalue weighted by Gasteiger charge is 2.04. The van der Waals surface area contributed by atoms with E-state index in [1.165, 1.54) is 10.8 Å². The molecule has 1 aromatic heterocycles. The molecule has 0 saturated heterocycles. The molecule has 0 bridgehead atoms. The van der Waals surface area contributed by atoms with Crippen LogP contribution in [0.2, 0.25) is 0 Å². The van der Waals surface area contributed by atoms with E-state index in [0.29, 0.717) is 0 Å². The number of imidazole rings is 1. The van der Waals surface area contributed by atoms with E-state index in [2.05, 4.69) is 22.7 Å². The number of nitrogens with zero attached hydrogens (tertiary/aromatic N) is 2. The summed E-state index contributed by atoms with van der Waals surface area (Å²) >= 11 is 4.12. The quantitative estimate of drug-likeness (QED) is 0.558. The standard InChI is InChI=1S/C8H8N2S2/c1-10-7-5-3-2-4-6(7)9-8(10)12-11/h2-5,11H,1H3. The number of thiol groups is 1. The Kier molecular flexibility index (Phi) is 2.02. The minimum Gasteiger partial charge on any atom is -0.321 e. The van der Waals surface area contributed by atoms with Gasteiger partial charge in [-0.05, 0) is 22.9 Å². The predicted molar refractivity (Wildman–Crippen MR) is 55.6 cm³/mol. The van der Waals surface area contributed by atoms with E-state index in [-0.39, 0.29) is 0 Å². The Hall–Kier alpha value is -0.610. The molecule has 0 atom stereocenters. The van der Waals surface area contributed by atoms with Gasteiger partial charge in [-0.15, -0.1) is 11.7 Å². The summed E-state index contributed by atoms with van der Waals surface area (Å²) < 4.78 is 2.03. The summed E-state index contributed by atoms with van der Waals surface area (Å²) in [4.78, 5) is 4.38. The van der Waals surface area contributed by atoms with Gasteiger partial charge in [0.25, 0.3) is 0 Å². The van der Waals surface area contributed by atoms with Crippen molar-refractivity contribution < 1.29 is 0 Å². The van der Waals surface area contributed by atoms with Crippen LogP contribution in [0.25, 0.3) is 11.0 Å². The van der Waals surface area contributed by atoms with Gasteiger partial charge in [-0.2, -0.15) is 0 Å². The first-order chi connectivity index (χ1) is 5.83. The van der Waals surface area contributed by atoms with Crippen LogP contribution in [-0.2, 0) is 7.05 Å². The van der Waals surface area contributed by atoms with E-state index in [9.17, 15) is 0 Å². The molecule has 0 saturated carbocycles. The molecule has 1 aromatic carbocycles. The van der Waals surface area contributed by atoms with Crippen molar-refractivity contribution in [3.8, 4) is 0 Å². The Morgan fingerprint density at radius 2 is 2.17 bits per heavy atom. The largest absolute Gasteiger partial charge is 0.321 e. The summed E-state index contributed by atoms with van der Waals surface area (Å²) in [6.07, 6.45) is 0. The SMILES string of the molecule is Cn1c(SS)nc2ccccc21. The Balaban J connectivity index is 2.78. The molecule has 2 aromatic rings. The number of fused-ring (bicyclic) bond motifs is 1. The fourth-order valence-corrected chi connectivity index (χ4v) is 2.05. The molecule has 0 aliphatic rings. The van der Waals surface area contributed by atoms with E-state index in [0.717, 1.165) is 16.2 Å². The molecule has 0 unspecified atom stereocenters. The molecule has 4 heteroatoms. The highest BCUT2D eigenvalue weighted by molar-refractivity contribution is 8.68. The molecule has 62 valence electrons. The van der Waals surface area contributed by atoms with Gasteiger partial charge in [0.2, 0.25) is 0 Å². The maximum absolute atomic E-state index is 4.38. The van der Waals surface area contributed by atoms with Crippen molar-refractivity contribution >= 4 is 33.5 Å². The topological polar surface area (TPSA) is 17.8 Å². The Bertz CT molecular complexity index is 408. The molecule has 2 nitrogen and oxygen atoms in total. The minimum absolute atomic E-state index is 0.930. The molecule has 12 heavy (non-hydrogen) atoms. The lowest BCUT2D eigenvalue weighted by Crippen LogP contribution is -1.87. The normalized spacial score (nSPS) is 10.8. The molecular weight excluding hydrogens is 188 g/mol. The lowest BCUT2D eigenvalue weighted by Gasteiger charge is -1.95. The second kappa shape index (κ2) is 3.03. The summed E-state index contributed by atoms with van der Waals surface area (Å²) in [5.74, 6) is 0. The van der Waals surface area contributed by atoms with Crippen molar-refractivity contribution in [2.75, 3.05) is 0 Å². The third-order valence-electron chi connectivity index (χ3n) is 1.83. The van der Waals surface area contributed by atoms with Crippen LogP contribution in [0.1, 0.15) is 0 Å². The van der Waals surface area contributed by atoms with Gasteiger partial charge in [0.15, 0.2) is 5.16 Å². The average molecular weight is 196 g/mol. The lowest BCUT2D eigenvalue weighted by atomic mass is 10.3. The van der Waals surface area contributed by atoms with Crippen molar-refractivity contribution in [3.63, 3.8) is 0 Å². The molecular formula is C8H8N2S2. The lowest BCUT2D eigenvalue weighted by molar-refractivity contribution is 0.819. The first kappa shape index (κ1) is 8.01. The van der Waals surface area contributed by atoms with E-state index in [4.69, 9.17) is 0 Å². The number of aromatic nitrogens is 2. The zero-order chi connectivity index (χ0) is 8.55. The van der Waals surface area contributed by atoms with Gasteiger partial charge in [0, 0.05) is 7.05 Å². The maximum Gasteiger partial charge on any atom is 0.179 e. The summed E-state index contributed by atoms with van der Waals surface area (Å²) in [5.41, 5.74) is 2.17. The van der Waals surface area contributed by atoms with Crippen molar-refractivity contribution in [2.45, 2.75) is 5.16 Å². The fraction of sp³-hybridized carbons (Fsp3) is 0.125. The van der Waals surface area contributed by atoms with Gasteiger partial charge in [0.05, 0.1) is 11.0 Å². The molecule has 0 spiro atoms. The van der Waals surface area contributed by atoms with Crippen LogP contribution in [-0.4, -0.2) is 9.55 Å². The molecule has 0 radical (unpaired) electrons. The number of benzene rings is 1. The van der Waals surface area contributed by atoms with Crippen molar-refractivity contribution in [1.82, 2.24) is 9.55 Å². The molecule has 0 aliphatic carbocycles. The van der Waals surface area contributed by atoms with Gasteiger partial charge in [-0.1, -0.05) is 12.1 Å². The van der Waals surface area contributed by atoms with E-state index in [1.54, 1.807) is 0 Å². The van der Waals surface area contributed by atoms with E-state index >= 15 is 0 Å². The van der Waals surface area contributed by atoms with Crippen LogP contribution in [0.5, 0.6) is 0 Å². The van der Waals surface area contributed by atoms with Crippen LogP contribution in [0, 0.1) is 0 Å². The van der Waals surface area contributed by atoms with Gasteiger partial charge in [-0.25, -0.2) is 4.98 Å². The third-order valence-corrected chi connectivity index (χ3v) is 2.85. The molecule has 0 amide bonds. The maximum atomic E-state index is 4.38. The Morgan fingerprint density at radius 1 is 1.42 bits per heavy atom. The molecule has 0 aliphatic heterocycles. The van der Waals surface area contributed by atoms with E-state index < -0.39 is 0 Å². The van der Waals surface area contributed by atoms with Crippen LogP contribution in [0.15, 0.2) is 29.4 Å². The highest BCUT2D eigenvalue weighted by atomic mass is 33.1. The van der Waals surface area contributed by atoms with Gasteiger partial charge < -0.3 is 4.57 Å². The van der Waals surface area contributed by atoms with Crippen LogP contribution < -0.4 is 0 Å². The van der Waals surface area contributed by atoms with Crippen LogP contribution in [0.4, 0.5) is 0 Å². The first-order valence-corrected chi connectivity index (χ1v) is 5.42. The third kappa shape index (κ3) is 1.11. The van der Waals surface area contributed by atoms with Gasteiger partial charge in [-0.3, -0.25) is 0 Å². The number of hydrogen-bond donors (Lipinski definition) is 1. The number of rotatable bonds is 1. The summed E-state index contributed by atoms with van der Waals surface area (Å²) in [7, 11) is 3.36. The fourth-order valence-electron chi connectivity index (χ4n) is 1.21. The van der Waals surface area contributed by atoms with Crippen LogP contribution >= 0.6 is 22.5 Å². The second-order valence-electron chi connectivity index (χ2n) is 2.53. The molecule has 0 N–H and O–H groups in total. The number of hydrogen-bond acceptors (Lipinski definition) is 3. The number of para-hydroxylation sites is 2. The summed E-state index contributed by atoms with van der Waals surface area (Å²) in [5, 5.41) is 0.930. The van der Waals surface area contributed by atoms with Gasteiger partial charge in [0.1, 0.15) is 0 Å². The average Bonchev–Trinajstić information content (AvgIpc) is 2.44. The summed E-state index contributed by atoms with van der Waals surface area (Å²) in [6, 6.07) is 8.05. The van der Waals surface area contributed by atoms with Gasteiger partial charge >= 0.3 is 0 Å². The smallest absolute Gasteiger partial charge is 0.179 e. The van der Waals surface area contributed by atoms with Crippen LogP contribution in [0.3, 0.4) is 0 Å². The predicted octanol–water partition coefficient (Wildman–Crippen LogP) is 2.51. The zero-order valence-electron chi connectivity index (χ0n) is 6.56. The van der Waals surface area contributed by atoms with E-state index in [1.807, 2.05) is 29.8 Å². The minimum atomic E-state index is 0.930. The second-order valence-corrected chi connectivity index (χ2v) is 3.63. The highest BCUT2D eigenvalue weighted by Crippen LogP contribution is 2.24. The van der Waals surface area contributed by atoms with Crippen molar-refractivity contribution in [1.29, 1.82) is 0 Å².